The fourth-order valence-corrected chi connectivity index (χ4v) is 3.71. The highest BCUT2D eigenvalue weighted by Gasteiger charge is 2.27. The van der Waals surface area contributed by atoms with Crippen molar-refractivity contribution in [3.8, 4) is 0 Å². The number of ketones is 1. The summed E-state index contributed by atoms with van der Waals surface area (Å²) in [5, 5.41) is 1.03. The number of Topliss-reactive ketones (excluding diaryl/α,β-unsaturated/α-hetero) is 1. The number of fused-ring (bicyclic) bond motifs is 1. The van der Waals surface area contributed by atoms with E-state index in [1.165, 1.54) is 0 Å². The van der Waals surface area contributed by atoms with Gasteiger partial charge in [0.05, 0.1) is 0 Å². The summed E-state index contributed by atoms with van der Waals surface area (Å²) in [5.41, 5.74) is 2.22. The maximum Gasteiger partial charge on any atom is 0.252 e. The average molecular weight is 347 g/mol. The molecule has 5 nitrogen and oxygen atoms in total. The molecule has 3 heterocycles. The average Bonchev–Trinajstić information content (AvgIpc) is 2.69. The van der Waals surface area contributed by atoms with Gasteiger partial charge in [-0.05, 0) is 49.0 Å². The first kappa shape index (κ1) is 16.7. The predicted molar refractivity (Wildman–Crippen MR) is 101 cm³/mol. The zero-order valence-electron chi connectivity index (χ0n) is 14.5. The van der Waals surface area contributed by atoms with E-state index in [4.69, 9.17) is 0 Å². The van der Waals surface area contributed by atoms with Crippen LogP contribution < -0.4 is 5.56 Å². The van der Waals surface area contributed by atoms with Crippen molar-refractivity contribution in [1.82, 2.24) is 14.9 Å². The maximum absolute atomic E-state index is 12.7. The molecule has 4 rings (SSSR count). The third-order valence-electron chi connectivity index (χ3n) is 5.05. The van der Waals surface area contributed by atoms with E-state index in [0.29, 0.717) is 18.7 Å². The van der Waals surface area contributed by atoms with Gasteiger partial charge in [-0.1, -0.05) is 18.2 Å². The molecular formula is C21H21N3O2. The van der Waals surface area contributed by atoms with Gasteiger partial charge >= 0.3 is 0 Å². The summed E-state index contributed by atoms with van der Waals surface area (Å²) >= 11 is 0. The summed E-state index contributed by atoms with van der Waals surface area (Å²) in [4.78, 5) is 34.3. The van der Waals surface area contributed by atoms with E-state index in [9.17, 15) is 9.59 Å². The monoisotopic (exact) mass is 347 g/mol. The normalized spacial score (nSPS) is 18.1. The maximum atomic E-state index is 12.7. The van der Waals surface area contributed by atoms with Crippen LogP contribution in [0.1, 0.15) is 28.8 Å². The Labute approximate surface area is 151 Å². The second-order valence-corrected chi connectivity index (χ2v) is 6.89. The molecule has 5 heteroatoms. The topological polar surface area (TPSA) is 66.1 Å². The quantitative estimate of drug-likeness (QED) is 0.737. The number of para-hydroxylation sites is 1. The van der Waals surface area contributed by atoms with Gasteiger partial charge < -0.3 is 4.98 Å². The van der Waals surface area contributed by atoms with Gasteiger partial charge in [-0.15, -0.1) is 0 Å². The van der Waals surface area contributed by atoms with Crippen LogP contribution >= 0.6 is 0 Å². The van der Waals surface area contributed by atoms with Gasteiger partial charge in [0, 0.05) is 48.0 Å². The SMILES string of the molecule is O=C(c1cccnc1)[C@@H]1CCCN(Cc2cc3ccccc3[nH]c2=O)C1. The number of carbonyl (C=O) groups excluding carboxylic acids is 1. The molecular weight excluding hydrogens is 326 g/mol. The summed E-state index contributed by atoms with van der Waals surface area (Å²) in [7, 11) is 0. The number of pyridine rings is 2. The molecule has 1 fully saturated rings. The number of benzene rings is 1. The van der Waals surface area contributed by atoms with Crippen molar-refractivity contribution in [3.05, 3.63) is 76.3 Å². The summed E-state index contributed by atoms with van der Waals surface area (Å²) in [6, 6.07) is 13.4. The molecule has 1 atom stereocenters. The van der Waals surface area contributed by atoms with E-state index in [2.05, 4.69) is 14.9 Å². The molecule has 0 aliphatic carbocycles. The van der Waals surface area contributed by atoms with Crippen molar-refractivity contribution >= 4 is 16.7 Å². The second kappa shape index (κ2) is 7.22. The number of nitrogens with zero attached hydrogens (tertiary/aromatic N) is 2. The number of aromatic amines is 1. The van der Waals surface area contributed by atoms with Crippen molar-refractivity contribution < 1.29 is 4.79 Å². The molecule has 1 aliphatic heterocycles. The molecule has 0 unspecified atom stereocenters. The van der Waals surface area contributed by atoms with Gasteiger partial charge in [-0.2, -0.15) is 0 Å². The van der Waals surface area contributed by atoms with Gasteiger partial charge in [-0.25, -0.2) is 0 Å². The van der Waals surface area contributed by atoms with Gasteiger partial charge in [0.15, 0.2) is 5.78 Å². The smallest absolute Gasteiger partial charge is 0.252 e. The first-order valence-electron chi connectivity index (χ1n) is 8.98. The Hall–Kier alpha value is -2.79. The van der Waals surface area contributed by atoms with E-state index < -0.39 is 0 Å². The number of H-pyrrole nitrogens is 1. The Morgan fingerprint density at radius 3 is 2.96 bits per heavy atom. The highest BCUT2D eigenvalue weighted by Crippen LogP contribution is 2.22. The van der Waals surface area contributed by atoms with Crippen LogP contribution in [0.25, 0.3) is 10.9 Å². The van der Waals surface area contributed by atoms with Crippen LogP contribution in [0.3, 0.4) is 0 Å². The first-order chi connectivity index (χ1) is 12.7. The molecule has 0 bridgehead atoms. The number of piperidine rings is 1. The highest BCUT2D eigenvalue weighted by atomic mass is 16.1. The van der Waals surface area contributed by atoms with Crippen LogP contribution in [0.4, 0.5) is 0 Å². The van der Waals surface area contributed by atoms with E-state index in [-0.39, 0.29) is 17.3 Å². The summed E-state index contributed by atoms with van der Waals surface area (Å²) in [5.74, 6) is 0.114. The molecule has 26 heavy (non-hydrogen) atoms. The number of hydrogen-bond donors (Lipinski definition) is 1. The van der Waals surface area contributed by atoms with E-state index in [1.54, 1.807) is 18.5 Å². The van der Waals surface area contributed by atoms with Crippen LogP contribution in [0.15, 0.2) is 59.7 Å². The Balaban J connectivity index is 1.51. The third kappa shape index (κ3) is 3.44. The van der Waals surface area contributed by atoms with Crippen molar-refractivity contribution in [2.24, 2.45) is 5.92 Å². The molecule has 0 spiro atoms. The lowest BCUT2D eigenvalue weighted by atomic mass is 9.90. The lowest BCUT2D eigenvalue weighted by molar-refractivity contribution is 0.0811. The molecule has 1 aromatic carbocycles. The number of carbonyl (C=O) groups is 1. The number of rotatable bonds is 4. The standard InChI is InChI=1S/C21H21N3O2/c25-20(16-6-3-9-22-12-16)17-7-4-10-24(13-17)14-18-11-15-5-1-2-8-19(15)23-21(18)26/h1-3,5-6,8-9,11-12,17H,4,7,10,13-14H2,(H,23,26)/t17-/m1/s1. The van der Waals surface area contributed by atoms with Crippen molar-refractivity contribution in [2.75, 3.05) is 13.1 Å². The van der Waals surface area contributed by atoms with Gasteiger partial charge in [-0.3, -0.25) is 19.5 Å². The molecule has 1 saturated heterocycles. The molecule has 0 radical (unpaired) electrons. The van der Waals surface area contributed by atoms with Gasteiger partial charge in [0.1, 0.15) is 0 Å². The van der Waals surface area contributed by atoms with Crippen LogP contribution in [-0.2, 0) is 6.54 Å². The zero-order valence-corrected chi connectivity index (χ0v) is 14.5. The first-order valence-corrected chi connectivity index (χ1v) is 8.98. The molecule has 0 saturated carbocycles. The Morgan fingerprint density at radius 2 is 2.12 bits per heavy atom. The van der Waals surface area contributed by atoms with Gasteiger partial charge in [0.25, 0.3) is 5.56 Å². The largest absolute Gasteiger partial charge is 0.322 e. The lowest BCUT2D eigenvalue weighted by Crippen LogP contribution is -2.39. The lowest BCUT2D eigenvalue weighted by Gasteiger charge is -2.31. The molecule has 2 aromatic heterocycles. The minimum Gasteiger partial charge on any atom is -0.322 e. The van der Waals surface area contributed by atoms with E-state index >= 15 is 0 Å². The third-order valence-corrected chi connectivity index (χ3v) is 5.05. The fourth-order valence-electron chi connectivity index (χ4n) is 3.71. The molecule has 1 aliphatic rings. The minimum absolute atomic E-state index is 0.0347. The van der Waals surface area contributed by atoms with Gasteiger partial charge in [0.2, 0.25) is 0 Å². The number of aromatic nitrogens is 2. The molecule has 132 valence electrons. The predicted octanol–water partition coefficient (Wildman–Crippen LogP) is 3.02. The Morgan fingerprint density at radius 1 is 1.23 bits per heavy atom. The van der Waals surface area contributed by atoms with Crippen LogP contribution in [0.5, 0.6) is 0 Å². The minimum atomic E-state index is -0.0515. The fraction of sp³-hybridized carbons (Fsp3) is 0.286. The summed E-state index contributed by atoms with van der Waals surface area (Å²) < 4.78 is 0. The number of hydrogen-bond acceptors (Lipinski definition) is 4. The summed E-state index contributed by atoms with van der Waals surface area (Å²) in [6.45, 7) is 2.15. The van der Waals surface area contributed by atoms with E-state index in [1.807, 2.05) is 36.4 Å². The van der Waals surface area contributed by atoms with Crippen LogP contribution in [-0.4, -0.2) is 33.7 Å². The Bertz CT molecular complexity index is 981. The molecule has 1 N–H and O–H groups in total. The van der Waals surface area contributed by atoms with Crippen molar-refractivity contribution in [2.45, 2.75) is 19.4 Å². The van der Waals surface area contributed by atoms with Crippen molar-refractivity contribution in [3.63, 3.8) is 0 Å². The highest BCUT2D eigenvalue weighted by molar-refractivity contribution is 5.97. The zero-order chi connectivity index (χ0) is 17.9. The van der Waals surface area contributed by atoms with Crippen molar-refractivity contribution in [1.29, 1.82) is 0 Å². The number of likely N-dealkylation sites (tertiary alicyclic amines) is 1. The Kier molecular flexibility index (Phi) is 4.63. The number of nitrogens with one attached hydrogen (secondary N) is 1. The van der Waals surface area contributed by atoms with Crippen LogP contribution in [0, 0.1) is 5.92 Å². The van der Waals surface area contributed by atoms with Crippen LogP contribution in [0.2, 0.25) is 0 Å². The summed E-state index contributed by atoms with van der Waals surface area (Å²) in [6.07, 6.45) is 5.16. The second-order valence-electron chi connectivity index (χ2n) is 6.89. The van der Waals surface area contributed by atoms with E-state index in [0.717, 1.165) is 35.9 Å². The molecule has 3 aromatic rings. The molecule has 0 amide bonds.